The van der Waals surface area contributed by atoms with E-state index in [1.165, 1.54) is 11.1 Å². The van der Waals surface area contributed by atoms with Gasteiger partial charge in [-0.25, -0.2) is 0 Å². The van der Waals surface area contributed by atoms with Crippen molar-refractivity contribution in [1.29, 1.82) is 0 Å². The first kappa shape index (κ1) is 14.8. The number of aromatic nitrogens is 1. The number of ether oxygens (including phenoxy) is 2. The molecule has 0 fully saturated rings. The number of rotatable bonds is 4. The summed E-state index contributed by atoms with van der Waals surface area (Å²) in [4.78, 5) is 1.99. The Kier molecular flexibility index (Phi) is 3.96. The van der Waals surface area contributed by atoms with Crippen molar-refractivity contribution in [1.82, 2.24) is 5.16 Å². The van der Waals surface area contributed by atoms with Gasteiger partial charge in [-0.15, -0.1) is 0 Å². The van der Waals surface area contributed by atoms with Crippen LogP contribution in [0.3, 0.4) is 0 Å². The summed E-state index contributed by atoms with van der Waals surface area (Å²) in [6.07, 6.45) is 3.19. The van der Waals surface area contributed by atoms with E-state index in [2.05, 4.69) is 17.3 Å². The number of methoxy groups -OCH3 is 2. The van der Waals surface area contributed by atoms with Gasteiger partial charge in [0.2, 0.25) is 5.88 Å². The zero-order chi connectivity index (χ0) is 15.7. The SMILES string of the molecule is COc1ccc(C2CCCc3noc(N(C)C)c32)cc1OC. The molecule has 1 atom stereocenters. The normalized spacial score (nSPS) is 17.0. The maximum absolute atomic E-state index is 5.55. The van der Waals surface area contributed by atoms with E-state index < -0.39 is 0 Å². The molecule has 1 aromatic carbocycles. The van der Waals surface area contributed by atoms with E-state index in [1.54, 1.807) is 14.2 Å². The van der Waals surface area contributed by atoms with E-state index in [4.69, 9.17) is 14.0 Å². The van der Waals surface area contributed by atoms with Gasteiger partial charge in [0.05, 0.1) is 19.9 Å². The Bertz CT molecular complexity index is 664. The third kappa shape index (κ3) is 2.40. The summed E-state index contributed by atoms with van der Waals surface area (Å²) < 4.78 is 16.3. The number of anilines is 1. The molecule has 0 saturated heterocycles. The zero-order valence-corrected chi connectivity index (χ0v) is 13.5. The lowest BCUT2D eigenvalue weighted by molar-refractivity contribution is 0.354. The predicted molar refractivity (Wildman–Crippen MR) is 85.2 cm³/mol. The molecule has 1 unspecified atom stereocenters. The standard InChI is InChI=1S/C17H22N2O3/c1-19(2)17-16-12(6-5-7-13(16)18-22-17)11-8-9-14(20-3)15(10-11)21-4/h8-10,12H,5-7H2,1-4H3. The highest BCUT2D eigenvalue weighted by molar-refractivity contribution is 5.54. The molecule has 5 nitrogen and oxygen atoms in total. The summed E-state index contributed by atoms with van der Waals surface area (Å²) in [7, 11) is 7.29. The molecule has 0 saturated carbocycles. The molecule has 1 aliphatic carbocycles. The molecule has 1 aromatic heterocycles. The Morgan fingerprint density at radius 2 is 1.95 bits per heavy atom. The van der Waals surface area contributed by atoms with Gasteiger partial charge < -0.3 is 18.9 Å². The zero-order valence-electron chi connectivity index (χ0n) is 13.5. The van der Waals surface area contributed by atoms with Crippen molar-refractivity contribution < 1.29 is 14.0 Å². The predicted octanol–water partition coefficient (Wildman–Crippen LogP) is 3.23. The summed E-state index contributed by atoms with van der Waals surface area (Å²) in [5.74, 6) is 2.65. The van der Waals surface area contributed by atoms with Crippen LogP contribution in [0.2, 0.25) is 0 Å². The number of hydrogen-bond donors (Lipinski definition) is 0. The first-order valence-electron chi connectivity index (χ1n) is 7.53. The van der Waals surface area contributed by atoms with Crippen molar-refractivity contribution >= 4 is 5.88 Å². The maximum Gasteiger partial charge on any atom is 0.230 e. The summed E-state index contributed by atoms with van der Waals surface area (Å²) in [5, 5.41) is 4.26. The number of nitrogens with zero attached hydrogens (tertiary/aromatic N) is 2. The van der Waals surface area contributed by atoms with E-state index in [9.17, 15) is 0 Å². The molecule has 0 radical (unpaired) electrons. The molecule has 5 heteroatoms. The minimum Gasteiger partial charge on any atom is -0.493 e. The highest BCUT2D eigenvalue weighted by atomic mass is 16.5. The van der Waals surface area contributed by atoms with Crippen molar-refractivity contribution in [2.45, 2.75) is 25.2 Å². The van der Waals surface area contributed by atoms with E-state index in [0.29, 0.717) is 0 Å². The average molecular weight is 302 g/mol. The van der Waals surface area contributed by atoms with Crippen LogP contribution >= 0.6 is 0 Å². The Morgan fingerprint density at radius 3 is 2.64 bits per heavy atom. The minimum atomic E-state index is 0.284. The molecule has 0 amide bonds. The van der Waals surface area contributed by atoms with Crippen LogP contribution in [0, 0.1) is 0 Å². The average Bonchev–Trinajstić information content (AvgIpc) is 2.98. The van der Waals surface area contributed by atoms with Crippen molar-refractivity contribution in [2.75, 3.05) is 33.2 Å². The van der Waals surface area contributed by atoms with E-state index in [1.807, 2.05) is 25.1 Å². The number of benzene rings is 1. The van der Waals surface area contributed by atoms with Crippen molar-refractivity contribution in [3.63, 3.8) is 0 Å². The molecule has 0 aliphatic heterocycles. The Labute approximate surface area is 130 Å². The van der Waals surface area contributed by atoms with Crippen molar-refractivity contribution in [3.05, 3.63) is 35.0 Å². The highest BCUT2D eigenvalue weighted by Crippen LogP contribution is 2.43. The fraction of sp³-hybridized carbons (Fsp3) is 0.471. The molecule has 2 aromatic rings. The smallest absolute Gasteiger partial charge is 0.230 e. The van der Waals surface area contributed by atoms with Gasteiger partial charge in [-0.05, 0) is 37.0 Å². The molecule has 118 valence electrons. The number of fused-ring (bicyclic) bond motifs is 1. The van der Waals surface area contributed by atoms with Crippen LogP contribution in [0.5, 0.6) is 11.5 Å². The van der Waals surface area contributed by atoms with Crippen LogP contribution in [0.4, 0.5) is 5.88 Å². The van der Waals surface area contributed by atoms with E-state index >= 15 is 0 Å². The molecular formula is C17H22N2O3. The van der Waals surface area contributed by atoms with Gasteiger partial charge in [0, 0.05) is 25.6 Å². The van der Waals surface area contributed by atoms with Crippen LogP contribution in [0.1, 0.15) is 35.6 Å². The first-order valence-corrected chi connectivity index (χ1v) is 7.53. The Morgan fingerprint density at radius 1 is 1.18 bits per heavy atom. The van der Waals surface area contributed by atoms with Crippen molar-refractivity contribution in [3.8, 4) is 11.5 Å². The largest absolute Gasteiger partial charge is 0.493 e. The quantitative estimate of drug-likeness (QED) is 0.868. The topological polar surface area (TPSA) is 47.7 Å². The first-order chi connectivity index (χ1) is 10.7. The van der Waals surface area contributed by atoms with Crippen LogP contribution in [-0.2, 0) is 6.42 Å². The molecule has 1 heterocycles. The highest BCUT2D eigenvalue weighted by Gasteiger charge is 2.30. The fourth-order valence-electron chi connectivity index (χ4n) is 3.19. The fourth-order valence-corrected chi connectivity index (χ4v) is 3.19. The van der Waals surface area contributed by atoms with E-state index in [0.717, 1.165) is 42.3 Å². The second-order valence-electron chi connectivity index (χ2n) is 5.80. The number of hydrogen-bond acceptors (Lipinski definition) is 5. The maximum atomic E-state index is 5.55. The molecule has 0 N–H and O–H groups in total. The molecule has 1 aliphatic rings. The van der Waals surface area contributed by atoms with Gasteiger partial charge in [-0.1, -0.05) is 11.2 Å². The summed E-state index contributed by atoms with van der Waals surface area (Å²) in [6.45, 7) is 0. The van der Waals surface area contributed by atoms with Crippen molar-refractivity contribution in [2.24, 2.45) is 0 Å². The van der Waals surface area contributed by atoms with Crippen LogP contribution in [-0.4, -0.2) is 33.5 Å². The van der Waals surface area contributed by atoms with Gasteiger partial charge in [0.25, 0.3) is 0 Å². The second kappa shape index (κ2) is 5.91. The van der Waals surface area contributed by atoms with Gasteiger partial charge in [-0.3, -0.25) is 0 Å². The molecule has 0 spiro atoms. The molecular weight excluding hydrogens is 280 g/mol. The minimum absolute atomic E-state index is 0.284. The van der Waals surface area contributed by atoms with Gasteiger partial charge in [0.1, 0.15) is 0 Å². The van der Waals surface area contributed by atoms with Crippen LogP contribution in [0.15, 0.2) is 22.7 Å². The van der Waals surface area contributed by atoms with Gasteiger partial charge in [0.15, 0.2) is 11.5 Å². The van der Waals surface area contributed by atoms with Crippen LogP contribution in [0.25, 0.3) is 0 Å². The lowest BCUT2D eigenvalue weighted by atomic mass is 9.81. The Balaban J connectivity index is 2.06. The lowest BCUT2D eigenvalue weighted by Gasteiger charge is -2.24. The third-order valence-corrected chi connectivity index (χ3v) is 4.25. The van der Waals surface area contributed by atoms with Gasteiger partial charge in [-0.2, -0.15) is 0 Å². The lowest BCUT2D eigenvalue weighted by Crippen LogP contribution is -2.16. The van der Waals surface area contributed by atoms with Crippen LogP contribution < -0.4 is 14.4 Å². The van der Waals surface area contributed by atoms with Gasteiger partial charge >= 0.3 is 0 Å². The third-order valence-electron chi connectivity index (χ3n) is 4.25. The molecule has 3 rings (SSSR count). The number of aryl methyl sites for hydroxylation is 1. The summed E-state index contributed by atoms with van der Waals surface area (Å²) in [5.41, 5.74) is 3.50. The monoisotopic (exact) mass is 302 g/mol. The molecule has 0 bridgehead atoms. The second-order valence-corrected chi connectivity index (χ2v) is 5.80. The Hall–Kier alpha value is -2.17. The summed E-state index contributed by atoms with van der Waals surface area (Å²) in [6, 6.07) is 6.13. The molecule has 22 heavy (non-hydrogen) atoms. The summed E-state index contributed by atoms with van der Waals surface area (Å²) >= 11 is 0. The van der Waals surface area contributed by atoms with E-state index in [-0.39, 0.29) is 5.92 Å².